The highest BCUT2D eigenvalue weighted by Gasteiger charge is 2.13. The molecule has 3 heterocycles. The molecule has 0 unspecified atom stereocenters. The summed E-state index contributed by atoms with van der Waals surface area (Å²) in [5.41, 5.74) is 14.3. The molecule has 0 saturated heterocycles. The van der Waals surface area contributed by atoms with Crippen LogP contribution in [-0.4, -0.2) is 15.0 Å². The molecule has 0 radical (unpaired) electrons. The van der Waals surface area contributed by atoms with Gasteiger partial charge in [-0.2, -0.15) is 0 Å². The van der Waals surface area contributed by atoms with Crippen molar-refractivity contribution in [2.45, 2.75) is 6.92 Å². The molecule has 4 nitrogen and oxygen atoms in total. The number of thiazole rings is 3. The predicted molar refractivity (Wildman–Crippen MR) is 151 cm³/mol. The van der Waals surface area contributed by atoms with Crippen molar-refractivity contribution in [1.82, 2.24) is 15.0 Å². The second kappa shape index (κ2) is 7.95. The van der Waals surface area contributed by atoms with Gasteiger partial charge in [-0.15, -0.1) is 34.0 Å². The normalized spacial score (nSPS) is 11.7. The van der Waals surface area contributed by atoms with Crippen LogP contribution in [0.4, 0.5) is 5.69 Å². The van der Waals surface area contributed by atoms with Crippen molar-refractivity contribution in [3.63, 3.8) is 0 Å². The molecule has 35 heavy (non-hydrogen) atoms. The van der Waals surface area contributed by atoms with Gasteiger partial charge in [-0.05, 0) is 85.3 Å². The molecule has 168 valence electrons. The van der Waals surface area contributed by atoms with E-state index in [1.165, 1.54) is 15.0 Å². The van der Waals surface area contributed by atoms with Gasteiger partial charge in [0.15, 0.2) is 0 Å². The Morgan fingerprint density at radius 1 is 0.514 bits per heavy atom. The van der Waals surface area contributed by atoms with E-state index < -0.39 is 0 Å². The molecule has 7 aromatic rings. The van der Waals surface area contributed by atoms with Crippen molar-refractivity contribution in [3.05, 3.63) is 84.4 Å². The maximum atomic E-state index is 5.84. The zero-order valence-corrected chi connectivity index (χ0v) is 21.1. The largest absolute Gasteiger partial charge is 0.399 e. The molecular weight excluding hydrogens is 489 g/mol. The van der Waals surface area contributed by atoms with Crippen LogP contribution >= 0.6 is 34.0 Å². The number of anilines is 1. The van der Waals surface area contributed by atoms with Crippen LogP contribution in [0, 0.1) is 6.92 Å². The lowest BCUT2D eigenvalue weighted by Gasteiger charge is -1.95. The molecular formula is C28H18N4S3. The number of hydrogen-bond donors (Lipinski definition) is 1. The van der Waals surface area contributed by atoms with E-state index >= 15 is 0 Å². The molecule has 7 heteroatoms. The van der Waals surface area contributed by atoms with Crippen LogP contribution in [0.2, 0.25) is 0 Å². The molecule has 0 fully saturated rings. The van der Waals surface area contributed by atoms with Gasteiger partial charge >= 0.3 is 0 Å². The third kappa shape index (κ3) is 3.69. The molecule has 0 amide bonds. The first-order chi connectivity index (χ1) is 17.1. The molecule has 0 saturated carbocycles. The fraction of sp³-hybridized carbons (Fsp3) is 0.0357. The van der Waals surface area contributed by atoms with Gasteiger partial charge in [0, 0.05) is 22.4 Å². The number of rotatable bonds is 3. The van der Waals surface area contributed by atoms with Crippen molar-refractivity contribution in [2.75, 3.05) is 5.73 Å². The Balaban J connectivity index is 1.25. The number of hydrogen-bond acceptors (Lipinski definition) is 7. The van der Waals surface area contributed by atoms with Crippen LogP contribution in [-0.2, 0) is 0 Å². The Kier molecular flexibility index (Phi) is 4.70. The van der Waals surface area contributed by atoms with Crippen molar-refractivity contribution in [2.24, 2.45) is 0 Å². The number of benzene rings is 4. The van der Waals surface area contributed by atoms with Gasteiger partial charge in [-0.3, -0.25) is 0 Å². The van der Waals surface area contributed by atoms with E-state index in [0.717, 1.165) is 58.7 Å². The summed E-state index contributed by atoms with van der Waals surface area (Å²) in [7, 11) is 0. The predicted octanol–water partition coefficient (Wildman–Crippen LogP) is 8.41. The number of aryl methyl sites for hydroxylation is 1. The zero-order valence-electron chi connectivity index (χ0n) is 18.6. The monoisotopic (exact) mass is 506 g/mol. The van der Waals surface area contributed by atoms with E-state index in [0.29, 0.717) is 0 Å². The summed E-state index contributed by atoms with van der Waals surface area (Å²) in [5.74, 6) is 0. The lowest BCUT2D eigenvalue weighted by molar-refractivity contribution is 1.45. The van der Waals surface area contributed by atoms with Gasteiger partial charge in [0.05, 0.1) is 30.6 Å². The van der Waals surface area contributed by atoms with Crippen molar-refractivity contribution >= 4 is 70.3 Å². The van der Waals surface area contributed by atoms with Crippen LogP contribution in [0.3, 0.4) is 0 Å². The highest BCUT2D eigenvalue weighted by Crippen LogP contribution is 2.38. The summed E-state index contributed by atoms with van der Waals surface area (Å²) >= 11 is 5.15. The quantitative estimate of drug-likeness (QED) is 0.244. The Hall–Kier alpha value is -3.65. The van der Waals surface area contributed by atoms with Crippen LogP contribution in [0.1, 0.15) is 5.56 Å². The minimum absolute atomic E-state index is 0.759. The molecule has 0 aliphatic heterocycles. The summed E-state index contributed by atoms with van der Waals surface area (Å²) in [6.07, 6.45) is 0. The maximum Gasteiger partial charge on any atom is 0.124 e. The van der Waals surface area contributed by atoms with Crippen molar-refractivity contribution in [3.8, 4) is 31.7 Å². The van der Waals surface area contributed by atoms with Gasteiger partial charge < -0.3 is 5.73 Å². The molecule has 7 rings (SSSR count). The Labute approximate surface area is 213 Å². The van der Waals surface area contributed by atoms with E-state index in [1.807, 2.05) is 24.3 Å². The van der Waals surface area contributed by atoms with Crippen LogP contribution in [0.15, 0.2) is 78.9 Å². The highest BCUT2D eigenvalue weighted by atomic mass is 32.1. The maximum absolute atomic E-state index is 5.84. The van der Waals surface area contributed by atoms with E-state index in [9.17, 15) is 0 Å². The fourth-order valence-electron chi connectivity index (χ4n) is 4.14. The second-order valence-electron chi connectivity index (χ2n) is 8.52. The average molecular weight is 507 g/mol. The number of fused-ring (bicyclic) bond motifs is 3. The minimum Gasteiger partial charge on any atom is -0.399 e. The standard InChI is InChI=1S/C28H18N4S3/c1-15-2-9-20-23(12-15)33-27(31-20)17-6-11-22-25(14-17)35-28(32-22)18-5-10-21-24(13-18)34-26(30-21)16-3-7-19(29)8-4-16/h2-14H,29H2,1H3. The molecule has 0 aliphatic carbocycles. The number of nitrogen functional groups attached to an aromatic ring is 1. The molecule has 4 aromatic carbocycles. The van der Waals surface area contributed by atoms with Crippen LogP contribution in [0.5, 0.6) is 0 Å². The average Bonchev–Trinajstić information content (AvgIpc) is 3.59. The van der Waals surface area contributed by atoms with Crippen LogP contribution < -0.4 is 5.73 Å². The minimum atomic E-state index is 0.759. The molecule has 2 N–H and O–H groups in total. The molecule has 0 aliphatic rings. The first-order valence-electron chi connectivity index (χ1n) is 11.1. The van der Waals surface area contributed by atoms with E-state index in [1.54, 1.807) is 34.0 Å². The van der Waals surface area contributed by atoms with Crippen LogP contribution in [0.25, 0.3) is 62.4 Å². The number of nitrogens with zero attached hydrogens (tertiary/aromatic N) is 3. The molecule has 0 atom stereocenters. The third-order valence-corrected chi connectivity index (χ3v) is 9.17. The second-order valence-corrected chi connectivity index (χ2v) is 11.6. The topological polar surface area (TPSA) is 64.7 Å². The Morgan fingerprint density at radius 2 is 0.943 bits per heavy atom. The van der Waals surface area contributed by atoms with Crippen molar-refractivity contribution in [1.29, 1.82) is 0 Å². The highest BCUT2D eigenvalue weighted by molar-refractivity contribution is 7.23. The number of aromatic nitrogens is 3. The summed E-state index contributed by atoms with van der Waals surface area (Å²) in [4.78, 5) is 14.6. The van der Waals surface area contributed by atoms with Gasteiger partial charge in [-0.1, -0.05) is 6.07 Å². The van der Waals surface area contributed by atoms with E-state index in [-0.39, 0.29) is 0 Å². The molecule has 0 spiro atoms. The summed E-state index contributed by atoms with van der Waals surface area (Å²) in [6, 6.07) is 27.1. The lowest BCUT2D eigenvalue weighted by atomic mass is 10.2. The first-order valence-corrected chi connectivity index (χ1v) is 13.6. The molecule has 3 aromatic heterocycles. The Bertz CT molecular complexity index is 1880. The SMILES string of the molecule is Cc1ccc2nc(-c3ccc4nc(-c5ccc6nc(-c7ccc(N)cc7)sc6c5)sc4c3)sc2c1. The van der Waals surface area contributed by atoms with E-state index in [4.69, 9.17) is 20.7 Å². The summed E-state index contributed by atoms with van der Waals surface area (Å²) in [5, 5.41) is 3.06. The Morgan fingerprint density at radius 3 is 1.49 bits per heavy atom. The van der Waals surface area contributed by atoms with Gasteiger partial charge in [0.1, 0.15) is 15.0 Å². The first kappa shape index (κ1) is 20.7. The zero-order chi connectivity index (χ0) is 23.5. The fourth-order valence-corrected chi connectivity index (χ4v) is 7.22. The van der Waals surface area contributed by atoms with Gasteiger partial charge in [-0.25, -0.2) is 15.0 Å². The van der Waals surface area contributed by atoms with Crippen molar-refractivity contribution < 1.29 is 0 Å². The summed E-state index contributed by atoms with van der Waals surface area (Å²) in [6.45, 7) is 2.12. The van der Waals surface area contributed by atoms with Gasteiger partial charge in [0.25, 0.3) is 0 Å². The number of nitrogens with two attached hydrogens (primary N) is 1. The molecule has 0 bridgehead atoms. The van der Waals surface area contributed by atoms with Gasteiger partial charge in [0.2, 0.25) is 0 Å². The smallest absolute Gasteiger partial charge is 0.124 e. The van der Waals surface area contributed by atoms with E-state index in [2.05, 4.69) is 61.5 Å². The summed E-state index contributed by atoms with van der Waals surface area (Å²) < 4.78 is 3.54. The lowest BCUT2D eigenvalue weighted by Crippen LogP contribution is -1.83. The third-order valence-electron chi connectivity index (χ3n) is 5.97.